The summed E-state index contributed by atoms with van der Waals surface area (Å²) in [5.41, 5.74) is 2.44. The zero-order valence-corrected chi connectivity index (χ0v) is 7.38. The first-order chi connectivity index (χ1) is 6.27. The molecule has 0 aromatic carbocycles. The van der Waals surface area contributed by atoms with Crippen LogP contribution in [0.25, 0.3) is 0 Å². The highest BCUT2D eigenvalue weighted by Gasteiger charge is 2.19. The van der Waals surface area contributed by atoms with Gasteiger partial charge >= 0.3 is 0 Å². The molecule has 0 bridgehead atoms. The summed E-state index contributed by atoms with van der Waals surface area (Å²) in [6.45, 7) is 0. The standard InChI is InChI=1S/C8H6N2O2S/c11-7-3-4-10(7)9-8(12)6-2-1-5-13-6/h1-5H,(H,9,12). The molecular formula is C8H6N2O2S. The van der Waals surface area contributed by atoms with E-state index in [1.807, 2.05) is 5.38 Å². The lowest BCUT2D eigenvalue weighted by Crippen LogP contribution is -2.45. The van der Waals surface area contributed by atoms with Gasteiger partial charge in [-0.1, -0.05) is 6.07 Å². The molecule has 0 aliphatic carbocycles. The smallest absolute Gasteiger partial charge is 0.267 e. The average molecular weight is 194 g/mol. The van der Waals surface area contributed by atoms with E-state index < -0.39 is 0 Å². The van der Waals surface area contributed by atoms with Gasteiger partial charge < -0.3 is 0 Å². The molecule has 0 spiro atoms. The highest BCUT2D eigenvalue weighted by molar-refractivity contribution is 7.12. The first-order valence-electron chi connectivity index (χ1n) is 3.63. The predicted octanol–water partition coefficient (Wildman–Crippen LogP) is 0.749. The molecule has 0 fully saturated rings. The van der Waals surface area contributed by atoms with Gasteiger partial charge in [-0.05, 0) is 11.4 Å². The first-order valence-corrected chi connectivity index (χ1v) is 4.51. The fraction of sp³-hybridized carbons (Fsp3) is 0. The Hall–Kier alpha value is -1.62. The van der Waals surface area contributed by atoms with Crippen molar-refractivity contribution in [2.45, 2.75) is 0 Å². The fourth-order valence-electron chi connectivity index (χ4n) is 0.875. The molecule has 0 saturated carbocycles. The average Bonchev–Trinajstić information content (AvgIpc) is 2.64. The van der Waals surface area contributed by atoms with E-state index in [1.54, 1.807) is 12.1 Å². The summed E-state index contributed by atoms with van der Waals surface area (Å²) in [5.74, 6) is -0.461. The van der Waals surface area contributed by atoms with E-state index in [1.165, 1.54) is 23.6 Å². The highest BCUT2D eigenvalue weighted by atomic mass is 32.1. The molecule has 1 N–H and O–H groups in total. The maximum atomic E-state index is 11.3. The summed E-state index contributed by atoms with van der Waals surface area (Å²) >= 11 is 1.33. The number of amides is 2. The van der Waals surface area contributed by atoms with Crippen LogP contribution in [0.2, 0.25) is 0 Å². The molecule has 1 aliphatic heterocycles. The second-order valence-corrected chi connectivity index (χ2v) is 3.39. The van der Waals surface area contributed by atoms with Gasteiger partial charge in [-0.3, -0.25) is 15.0 Å². The number of nitrogens with zero attached hydrogens (tertiary/aromatic N) is 1. The molecule has 1 aliphatic rings. The maximum absolute atomic E-state index is 11.3. The van der Waals surface area contributed by atoms with Crippen LogP contribution in [0.1, 0.15) is 9.67 Å². The third-order valence-electron chi connectivity index (χ3n) is 1.57. The van der Waals surface area contributed by atoms with Crippen LogP contribution < -0.4 is 5.43 Å². The van der Waals surface area contributed by atoms with Gasteiger partial charge in [-0.2, -0.15) is 0 Å². The lowest BCUT2D eigenvalue weighted by atomic mass is 10.4. The second-order valence-electron chi connectivity index (χ2n) is 2.44. The van der Waals surface area contributed by atoms with E-state index in [-0.39, 0.29) is 11.8 Å². The van der Waals surface area contributed by atoms with E-state index in [4.69, 9.17) is 0 Å². The maximum Gasteiger partial charge on any atom is 0.280 e. The minimum atomic E-state index is -0.257. The molecule has 0 saturated heterocycles. The molecule has 2 rings (SSSR count). The Kier molecular flexibility index (Phi) is 1.86. The van der Waals surface area contributed by atoms with Crippen molar-refractivity contribution in [3.8, 4) is 0 Å². The number of hydrogen-bond acceptors (Lipinski definition) is 3. The van der Waals surface area contributed by atoms with E-state index in [9.17, 15) is 9.59 Å². The highest BCUT2D eigenvalue weighted by Crippen LogP contribution is 2.09. The van der Waals surface area contributed by atoms with E-state index in [0.717, 1.165) is 5.01 Å². The number of carbonyl (C=O) groups is 2. The zero-order chi connectivity index (χ0) is 9.26. The molecule has 0 atom stereocenters. The Labute approximate surface area is 78.4 Å². The second kappa shape index (κ2) is 3.02. The Morgan fingerprint density at radius 1 is 1.54 bits per heavy atom. The summed E-state index contributed by atoms with van der Waals surface area (Å²) in [6.07, 6.45) is 2.89. The van der Waals surface area contributed by atoms with Crippen LogP contribution in [-0.2, 0) is 4.79 Å². The SMILES string of the molecule is O=C(NN1C=CC1=O)c1cccs1. The lowest BCUT2D eigenvalue weighted by Gasteiger charge is -2.22. The van der Waals surface area contributed by atoms with Crippen molar-refractivity contribution in [3.05, 3.63) is 34.7 Å². The van der Waals surface area contributed by atoms with Gasteiger partial charge in [-0.25, -0.2) is 5.01 Å². The van der Waals surface area contributed by atoms with Gasteiger partial charge in [0.1, 0.15) is 0 Å². The molecule has 5 heteroatoms. The van der Waals surface area contributed by atoms with Crippen LogP contribution in [0.4, 0.5) is 0 Å². The molecule has 4 nitrogen and oxygen atoms in total. The zero-order valence-electron chi connectivity index (χ0n) is 6.56. The first kappa shape index (κ1) is 8.00. The van der Waals surface area contributed by atoms with Crippen LogP contribution >= 0.6 is 11.3 Å². The van der Waals surface area contributed by atoms with Crippen molar-refractivity contribution < 1.29 is 9.59 Å². The largest absolute Gasteiger partial charge is 0.280 e. The molecule has 66 valence electrons. The minimum absolute atomic E-state index is 0.204. The van der Waals surface area contributed by atoms with Gasteiger partial charge in [0.15, 0.2) is 0 Å². The Morgan fingerprint density at radius 3 is 2.85 bits per heavy atom. The Balaban J connectivity index is 2.00. The van der Waals surface area contributed by atoms with Crippen molar-refractivity contribution in [1.29, 1.82) is 0 Å². The van der Waals surface area contributed by atoms with Crippen molar-refractivity contribution in [1.82, 2.24) is 10.4 Å². The number of hydrogen-bond donors (Lipinski definition) is 1. The van der Waals surface area contributed by atoms with E-state index in [0.29, 0.717) is 4.88 Å². The molecule has 2 amide bonds. The lowest BCUT2D eigenvalue weighted by molar-refractivity contribution is -0.128. The van der Waals surface area contributed by atoms with E-state index >= 15 is 0 Å². The summed E-state index contributed by atoms with van der Waals surface area (Å²) in [7, 11) is 0. The third-order valence-corrected chi connectivity index (χ3v) is 2.44. The molecule has 13 heavy (non-hydrogen) atoms. The van der Waals surface area contributed by atoms with Crippen LogP contribution in [0.3, 0.4) is 0 Å². The quantitative estimate of drug-likeness (QED) is 0.755. The van der Waals surface area contributed by atoms with Crippen LogP contribution in [0.15, 0.2) is 29.8 Å². The van der Waals surface area contributed by atoms with Gasteiger partial charge in [0, 0.05) is 12.3 Å². The van der Waals surface area contributed by atoms with Crippen molar-refractivity contribution in [3.63, 3.8) is 0 Å². The fourth-order valence-corrected chi connectivity index (χ4v) is 1.49. The Morgan fingerprint density at radius 2 is 2.38 bits per heavy atom. The molecule has 0 radical (unpaired) electrons. The number of hydrazine groups is 1. The van der Waals surface area contributed by atoms with Gasteiger partial charge in [0.2, 0.25) is 0 Å². The van der Waals surface area contributed by atoms with Crippen LogP contribution in [0.5, 0.6) is 0 Å². The number of rotatable bonds is 2. The summed E-state index contributed by atoms with van der Waals surface area (Å²) in [4.78, 5) is 22.7. The molecular weight excluding hydrogens is 188 g/mol. The number of thiophene rings is 1. The van der Waals surface area contributed by atoms with Crippen LogP contribution in [-0.4, -0.2) is 16.8 Å². The molecule has 2 heterocycles. The minimum Gasteiger partial charge on any atom is -0.267 e. The molecule has 1 aromatic heterocycles. The topological polar surface area (TPSA) is 49.4 Å². The van der Waals surface area contributed by atoms with Crippen molar-refractivity contribution in [2.75, 3.05) is 0 Å². The van der Waals surface area contributed by atoms with Crippen molar-refractivity contribution in [2.24, 2.45) is 0 Å². The van der Waals surface area contributed by atoms with E-state index in [2.05, 4.69) is 5.43 Å². The molecule has 0 unspecified atom stereocenters. The third kappa shape index (κ3) is 1.46. The van der Waals surface area contributed by atoms with Gasteiger partial charge in [0.25, 0.3) is 11.8 Å². The van der Waals surface area contributed by atoms with Gasteiger partial charge in [-0.15, -0.1) is 11.3 Å². The normalized spacial score (nSPS) is 14.2. The summed E-state index contributed by atoms with van der Waals surface area (Å²) in [6, 6.07) is 3.49. The number of carbonyl (C=O) groups excluding carboxylic acids is 2. The van der Waals surface area contributed by atoms with Crippen molar-refractivity contribution >= 4 is 23.2 Å². The summed E-state index contributed by atoms with van der Waals surface area (Å²) < 4.78 is 0. The van der Waals surface area contributed by atoms with Gasteiger partial charge in [0.05, 0.1) is 4.88 Å². The monoisotopic (exact) mass is 194 g/mol. The molecule has 1 aromatic rings. The number of nitrogens with one attached hydrogen (secondary N) is 1. The summed E-state index contributed by atoms with van der Waals surface area (Å²) in [5, 5.41) is 2.96. The Bertz CT molecular complexity index is 370. The predicted molar refractivity (Wildman–Crippen MR) is 47.8 cm³/mol. The van der Waals surface area contributed by atoms with Crippen LogP contribution in [0, 0.1) is 0 Å².